The second kappa shape index (κ2) is 11.1. The van der Waals surface area contributed by atoms with Crippen molar-refractivity contribution in [2.75, 3.05) is 18.1 Å². The summed E-state index contributed by atoms with van der Waals surface area (Å²) in [5.74, 6) is -5.29. The van der Waals surface area contributed by atoms with Gasteiger partial charge < -0.3 is 10.5 Å². The van der Waals surface area contributed by atoms with E-state index < -0.39 is 37.4 Å². The van der Waals surface area contributed by atoms with Gasteiger partial charge in [0.15, 0.2) is 17.5 Å². The number of nitrogens with zero attached hydrogens (tertiary/aromatic N) is 4. The van der Waals surface area contributed by atoms with E-state index in [0.717, 1.165) is 18.2 Å². The Kier molecular flexibility index (Phi) is 8.02. The molecular weight excluding hydrogens is 515 g/mol. The molecule has 1 unspecified atom stereocenters. The number of primary amides is 1. The zero-order valence-corrected chi connectivity index (χ0v) is 22.5. The summed E-state index contributed by atoms with van der Waals surface area (Å²) in [6, 6.07) is 6.09. The van der Waals surface area contributed by atoms with Gasteiger partial charge in [-0.05, 0) is 48.7 Å². The number of carbonyl (C=O) groups excluding carboxylic acids is 2. The van der Waals surface area contributed by atoms with Crippen molar-refractivity contribution in [3.8, 4) is 11.1 Å². The number of anilines is 1. The number of nitrogens with two attached hydrogens (primary N) is 1. The minimum absolute atomic E-state index is 0.000565. The van der Waals surface area contributed by atoms with Crippen molar-refractivity contribution in [1.29, 1.82) is 0 Å². The quantitative estimate of drug-likeness (QED) is 0.232. The minimum atomic E-state index is -1.54. The largest absolute Gasteiger partial charge is 0.364 e. The van der Waals surface area contributed by atoms with Gasteiger partial charge in [0, 0.05) is 38.3 Å². The fraction of sp³-hybridized carbons (Fsp3) is 0.385. The molecule has 3 aromatic rings. The summed E-state index contributed by atoms with van der Waals surface area (Å²) in [6.07, 6.45) is 3.42. The Morgan fingerprint density at radius 3 is 2.47 bits per heavy atom. The lowest BCUT2D eigenvalue weighted by molar-refractivity contribution is -0.120. The Labute approximate surface area is 219 Å². The van der Waals surface area contributed by atoms with E-state index in [9.17, 15) is 22.8 Å². The maximum atomic E-state index is 13.7. The number of hydrogen-bond donors (Lipinski definition) is 1. The molecule has 2 N–H and O–H groups in total. The van der Waals surface area contributed by atoms with Crippen molar-refractivity contribution in [2.24, 2.45) is 11.7 Å². The molecule has 202 valence electrons. The molecule has 12 heteroatoms. The first kappa shape index (κ1) is 27.5. The number of rotatable bonds is 10. The van der Waals surface area contributed by atoms with Gasteiger partial charge in [-0.25, -0.2) is 13.2 Å². The Hall–Kier alpha value is -3.51. The Balaban J connectivity index is 1.66. The fourth-order valence-electron chi connectivity index (χ4n) is 4.53. The van der Waals surface area contributed by atoms with Gasteiger partial charge in [0.25, 0.3) is 5.91 Å². The van der Waals surface area contributed by atoms with E-state index in [1.54, 1.807) is 16.7 Å². The molecule has 38 heavy (non-hydrogen) atoms. The summed E-state index contributed by atoms with van der Waals surface area (Å²) in [5.41, 5.74) is 7.22. The second-order valence-electron chi connectivity index (χ2n) is 10.6. The normalized spacial score (nSPS) is 15.9. The molecule has 2 aromatic heterocycles. The second-order valence-corrected chi connectivity index (χ2v) is 16.2. The summed E-state index contributed by atoms with van der Waals surface area (Å²) in [4.78, 5) is 27.6. The average molecular weight is 546 g/mol. The van der Waals surface area contributed by atoms with E-state index in [-0.39, 0.29) is 30.3 Å². The van der Waals surface area contributed by atoms with Crippen LogP contribution in [0, 0.1) is 23.4 Å². The maximum Gasteiger partial charge on any atom is 0.266 e. The molecule has 1 aromatic carbocycles. The van der Waals surface area contributed by atoms with E-state index in [0.29, 0.717) is 36.5 Å². The highest BCUT2D eigenvalue weighted by Crippen LogP contribution is 2.35. The van der Waals surface area contributed by atoms with E-state index in [1.165, 1.54) is 17.3 Å². The number of carbonyl (C=O) groups is 2. The first-order chi connectivity index (χ1) is 18.0. The third-order valence-electron chi connectivity index (χ3n) is 6.54. The number of benzene rings is 1. The average Bonchev–Trinajstić information content (AvgIpc) is 3.40. The molecule has 0 radical (unpaired) electrons. The Morgan fingerprint density at radius 1 is 1.16 bits per heavy atom. The van der Waals surface area contributed by atoms with Crippen LogP contribution in [-0.2, 0) is 22.7 Å². The van der Waals surface area contributed by atoms with Crippen LogP contribution in [0.3, 0.4) is 0 Å². The highest BCUT2D eigenvalue weighted by Gasteiger charge is 2.36. The van der Waals surface area contributed by atoms with E-state index >= 15 is 0 Å². The highest BCUT2D eigenvalue weighted by molar-refractivity contribution is 6.76. The molecule has 0 saturated carbocycles. The van der Waals surface area contributed by atoms with Crippen LogP contribution in [0.25, 0.3) is 11.1 Å². The highest BCUT2D eigenvalue weighted by atomic mass is 28.3. The van der Waals surface area contributed by atoms with Crippen molar-refractivity contribution in [3.05, 3.63) is 65.4 Å². The van der Waals surface area contributed by atoms with Crippen molar-refractivity contribution >= 4 is 25.7 Å². The van der Waals surface area contributed by atoms with Gasteiger partial charge in [-0.15, -0.1) is 0 Å². The number of ether oxygens (including phenoxy) is 1. The molecule has 1 aliphatic heterocycles. The smallest absolute Gasteiger partial charge is 0.266 e. The number of amides is 2. The number of halogens is 3. The molecule has 0 bridgehead atoms. The van der Waals surface area contributed by atoms with Crippen LogP contribution in [0.2, 0.25) is 25.7 Å². The van der Waals surface area contributed by atoms with Crippen molar-refractivity contribution < 1.29 is 27.5 Å². The van der Waals surface area contributed by atoms with Gasteiger partial charge in [0.1, 0.15) is 18.2 Å². The van der Waals surface area contributed by atoms with Gasteiger partial charge in [-0.2, -0.15) is 10.2 Å². The molecule has 1 saturated heterocycles. The summed E-state index contributed by atoms with van der Waals surface area (Å²) in [7, 11) is -1.37. The molecule has 4 rings (SSSR count). The van der Waals surface area contributed by atoms with Crippen molar-refractivity contribution in [3.63, 3.8) is 0 Å². The van der Waals surface area contributed by atoms with Crippen molar-refractivity contribution in [2.45, 2.75) is 45.3 Å². The first-order valence-electron chi connectivity index (χ1n) is 12.3. The fourth-order valence-corrected chi connectivity index (χ4v) is 5.28. The molecule has 0 aliphatic carbocycles. The Morgan fingerprint density at radius 2 is 1.87 bits per heavy atom. The summed E-state index contributed by atoms with van der Waals surface area (Å²) in [6.45, 7) is 7.46. The van der Waals surface area contributed by atoms with Gasteiger partial charge in [-0.3, -0.25) is 19.1 Å². The third-order valence-corrected chi connectivity index (χ3v) is 8.24. The lowest BCUT2D eigenvalue weighted by atomic mass is 9.98. The van der Waals surface area contributed by atoms with E-state index in [1.807, 2.05) is 0 Å². The SMILES string of the molecule is C[Si](C)(C)CCOCn1c(N2CCC(Cc3cc(F)c(F)c(F)c3)C2=O)cc(-c2ccnnc2)c1C(N)=O. The Bertz CT molecular complexity index is 1320. The lowest BCUT2D eigenvalue weighted by Gasteiger charge is -2.21. The summed E-state index contributed by atoms with van der Waals surface area (Å²) >= 11 is 0. The molecule has 1 fully saturated rings. The molecule has 0 spiro atoms. The predicted octanol–water partition coefficient (Wildman–Crippen LogP) is 4.37. The van der Waals surface area contributed by atoms with Crippen LogP contribution in [0.1, 0.15) is 22.5 Å². The summed E-state index contributed by atoms with van der Waals surface area (Å²) in [5, 5.41) is 7.67. The maximum absolute atomic E-state index is 13.7. The lowest BCUT2D eigenvalue weighted by Crippen LogP contribution is -2.31. The minimum Gasteiger partial charge on any atom is -0.364 e. The topological polar surface area (TPSA) is 103 Å². The molecule has 3 heterocycles. The van der Waals surface area contributed by atoms with Crippen LogP contribution in [-0.4, -0.2) is 47.8 Å². The molecular formula is C26H30F3N5O3Si. The molecule has 1 aliphatic rings. The van der Waals surface area contributed by atoms with Crippen molar-refractivity contribution in [1.82, 2.24) is 14.8 Å². The predicted molar refractivity (Wildman–Crippen MR) is 139 cm³/mol. The van der Waals surface area contributed by atoms with Crippen LogP contribution < -0.4 is 10.6 Å². The van der Waals surface area contributed by atoms with E-state index in [2.05, 4.69) is 29.8 Å². The number of aromatic nitrogens is 3. The van der Waals surface area contributed by atoms with Gasteiger partial charge in [-0.1, -0.05) is 19.6 Å². The van der Waals surface area contributed by atoms with Gasteiger partial charge in [0.05, 0.1) is 12.4 Å². The zero-order chi connectivity index (χ0) is 27.6. The monoisotopic (exact) mass is 545 g/mol. The van der Waals surface area contributed by atoms with Gasteiger partial charge >= 0.3 is 0 Å². The third kappa shape index (κ3) is 5.96. The van der Waals surface area contributed by atoms with Crippen LogP contribution in [0.15, 0.2) is 36.7 Å². The first-order valence-corrected chi connectivity index (χ1v) is 16.0. The molecule has 1 atom stereocenters. The van der Waals surface area contributed by atoms with Crippen LogP contribution in [0.4, 0.5) is 19.0 Å². The summed E-state index contributed by atoms with van der Waals surface area (Å²) < 4.78 is 48.4. The molecule has 2 amide bonds. The van der Waals surface area contributed by atoms with Crippen LogP contribution in [0.5, 0.6) is 0 Å². The van der Waals surface area contributed by atoms with Gasteiger partial charge in [0.2, 0.25) is 5.91 Å². The number of hydrogen-bond acceptors (Lipinski definition) is 5. The van der Waals surface area contributed by atoms with E-state index in [4.69, 9.17) is 10.5 Å². The zero-order valence-electron chi connectivity index (χ0n) is 21.5. The standard InChI is InChI=1S/C26H30F3N5O3Si/c1-38(2,3)9-8-37-15-34-22(13-19(24(34)25(30)35)18-4-6-31-32-14-18)33-7-5-17(26(33)36)10-16-11-20(27)23(29)21(28)12-16/h4,6,11-14,17H,5,7-10,15H2,1-3H3,(H2,30,35). The van der Waals surface area contributed by atoms with Crippen LogP contribution >= 0.6 is 0 Å². The molecule has 8 nitrogen and oxygen atoms in total.